The zero-order valence-corrected chi connectivity index (χ0v) is 11.5. The average Bonchev–Trinajstić information content (AvgIpc) is 2.39. The molecule has 0 fully saturated rings. The van der Waals surface area contributed by atoms with Gasteiger partial charge in [-0.25, -0.2) is 0 Å². The minimum Gasteiger partial charge on any atom is -0.444 e. The van der Waals surface area contributed by atoms with Crippen LogP contribution in [0.3, 0.4) is 0 Å². The highest BCUT2D eigenvalue weighted by atomic mass is 16.7. The molecular formula is C14H22O4. The predicted molar refractivity (Wildman–Crippen MR) is 69.4 cm³/mol. The third-order valence-electron chi connectivity index (χ3n) is 1.71. The normalized spacial score (nSPS) is 10.6. The molecule has 0 aliphatic carbocycles. The van der Waals surface area contributed by atoms with Gasteiger partial charge in [0.05, 0.1) is 6.61 Å². The van der Waals surface area contributed by atoms with Crippen LogP contribution in [-0.4, -0.2) is 32.7 Å². The molecule has 1 atom stereocenters. The first-order chi connectivity index (χ1) is 8.85. The minimum atomic E-state index is -0.480. The van der Waals surface area contributed by atoms with Crippen LogP contribution in [0.25, 0.3) is 0 Å². The molecule has 1 unspecified atom stereocenters. The van der Waals surface area contributed by atoms with E-state index in [1.54, 1.807) is 0 Å². The third kappa shape index (κ3) is 11.1. The second kappa shape index (κ2) is 13.7. The Bertz CT molecular complexity index is 292. The largest absolute Gasteiger partial charge is 0.444 e. The maximum absolute atomic E-state index is 5.43. The molecule has 0 aromatic carbocycles. The number of rotatable bonds is 8. The van der Waals surface area contributed by atoms with Gasteiger partial charge in [-0.15, -0.1) is 0 Å². The fraction of sp³-hybridized carbons (Fsp3) is 0.714. The molecule has 0 heterocycles. The van der Waals surface area contributed by atoms with Gasteiger partial charge in [-0.2, -0.15) is 0 Å². The van der Waals surface area contributed by atoms with Crippen molar-refractivity contribution in [2.24, 2.45) is 0 Å². The Kier molecular flexibility index (Phi) is 12.7. The monoisotopic (exact) mass is 254 g/mol. The van der Waals surface area contributed by atoms with Crippen molar-refractivity contribution in [2.75, 3.05) is 26.4 Å². The molecule has 0 aliphatic heterocycles. The molecule has 0 bridgehead atoms. The molecule has 0 aromatic heterocycles. The van der Waals surface area contributed by atoms with Crippen LogP contribution in [0.2, 0.25) is 0 Å². The van der Waals surface area contributed by atoms with Crippen LogP contribution in [-0.2, 0) is 18.9 Å². The second-order valence-electron chi connectivity index (χ2n) is 3.19. The van der Waals surface area contributed by atoms with E-state index in [0.29, 0.717) is 26.4 Å². The fourth-order valence-electron chi connectivity index (χ4n) is 0.905. The van der Waals surface area contributed by atoms with Gasteiger partial charge in [0, 0.05) is 19.4 Å². The molecule has 0 aromatic rings. The molecule has 0 radical (unpaired) electrons. The van der Waals surface area contributed by atoms with Gasteiger partial charge in [0.15, 0.2) is 0 Å². The van der Waals surface area contributed by atoms with Crippen molar-refractivity contribution in [3.05, 3.63) is 0 Å². The number of ether oxygens (including phenoxy) is 4. The first kappa shape index (κ1) is 16.6. The van der Waals surface area contributed by atoms with E-state index in [2.05, 4.69) is 24.1 Å². The lowest BCUT2D eigenvalue weighted by Crippen LogP contribution is -2.23. The van der Waals surface area contributed by atoms with E-state index in [9.17, 15) is 0 Å². The summed E-state index contributed by atoms with van der Waals surface area (Å²) in [6.45, 7) is 7.60. The smallest absolute Gasteiger partial charge is 0.234 e. The van der Waals surface area contributed by atoms with Crippen molar-refractivity contribution in [1.82, 2.24) is 0 Å². The van der Waals surface area contributed by atoms with Crippen LogP contribution in [0.5, 0.6) is 0 Å². The van der Waals surface area contributed by atoms with Crippen LogP contribution in [0.1, 0.15) is 33.6 Å². The summed E-state index contributed by atoms with van der Waals surface area (Å²) in [4.78, 5) is 0. The summed E-state index contributed by atoms with van der Waals surface area (Å²) in [5.41, 5.74) is 0. The molecule has 4 nitrogen and oxygen atoms in total. The Morgan fingerprint density at radius 3 is 2.33 bits per heavy atom. The molecular weight excluding hydrogens is 232 g/mol. The first-order valence-corrected chi connectivity index (χ1v) is 6.27. The fourth-order valence-corrected chi connectivity index (χ4v) is 0.905. The number of hydrogen-bond acceptors (Lipinski definition) is 4. The van der Waals surface area contributed by atoms with Crippen molar-refractivity contribution in [3.8, 4) is 24.1 Å². The van der Waals surface area contributed by atoms with Gasteiger partial charge in [-0.05, 0) is 6.92 Å². The van der Waals surface area contributed by atoms with Crippen LogP contribution in [0.15, 0.2) is 0 Å². The van der Waals surface area contributed by atoms with Crippen molar-refractivity contribution in [2.45, 2.75) is 39.9 Å². The van der Waals surface area contributed by atoms with E-state index in [1.807, 2.05) is 20.8 Å². The summed E-state index contributed by atoms with van der Waals surface area (Å²) in [6.07, 6.45) is 6.20. The topological polar surface area (TPSA) is 36.9 Å². The van der Waals surface area contributed by atoms with Crippen LogP contribution < -0.4 is 0 Å². The van der Waals surface area contributed by atoms with Crippen molar-refractivity contribution >= 4 is 0 Å². The van der Waals surface area contributed by atoms with Gasteiger partial charge in [0.25, 0.3) is 0 Å². The Morgan fingerprint density at radius 2 is 1.67 bits per heavy atom. The van der Waals surface area contributed by atoms with E-state index in [-0.39, 0.29) is 0 Å². The number of hydrogen-bond donors (Lipinski definition) is 0. The highest BCUT2D eigenvalue weighted by Crippen LogP contribution is 1.96. The standard InChI is InChI=1S/C14H22O4/c1-4-7-9-16-11-12-18-14(13-15-6-3)17-10-8-5-2/h14H,4-6,11-13H2,1-3H3. The van der Waals surface area contributed by atoms with E-state index >= 15 is 0 Å². The summed E-state index contributed by atoms with van der Waals surface area (Å²) in [6, 6.07) is 0. The SMILES string of the molecule is CCC#COCCOC(COCC)OC#CCC. The Morgan fingerprint density at radius 1 is 0.944 bits per heavy atom. The van der Waals surface area contributed by atoms with Crippen molar-refractivity contribution < 1.29 is 18.9 Å². The van der Waals surface area contributed by atoms with Crippen LogP contribution >= 0.6 is 0 Å². The van der Waals surface area contributed by atoms with Gasteiger partial charge in [-0.1, -0.05) is 25.7 Å². The lowest BCUT2D eigenvalue weighted by molar-refractivity contribution is -0.139. The molecule has 0 saturated heterocycles. The van der Waals surface area contributed by atoms with Gasteiger partial charge >= 0.3 is 0 Å². The van der Waals surface area contributed by atoms with Gasteiger partial charge < -0.3 is 18.9 Å². The quantitative estimate of drug-likeness (QED) is 0.378. The van der Waals surface area contributed by atoms with Crippen LogP contribution in [0.4, 0.5) is 0 Å². The Labute approximate surface area is 110 Å². The highest BCUT2D eigenvalue weighted by molar-refractivity contribution is 4.90. The lowest BCUT2D eigenvalue weighted by atomic mass is 10.5. The summed E-state index contributed by atoms with van der Waals surface area (Å²) >= 11 is 0. The van der Waals surface area contributed by atoms with Gasteiger partial charge in [-0.3, -0.25) is 0 Å². The zero-order chi connectivity index (χ0) is 13.5. The van der Waals surface area contributed by atoms with Crippen molar-refractivity contribution in [1.29, 1.82) is 0 Å². The summed E-state index contributed by atoms with van der Waals surface area (Å²) in [5, 5.41) is 0. The molecule has 0 rings (SSSR count). The molecule has 0 aliphatic rings. The molecule has 0 saturated carbocycles. The summed E-state index contributed by atoms with van der Waals surface area (Å²) in [5.74, 6) is 5.62. The van der Waals surface area contributed by atoms with Crippen LogP contribution in [0, 0.1) is 24.1 Å². The average molecular weight is 254 g/mol. The maximum Gasteiger partial charge on any atom is 0.234 e. The Balaban J connectivity index is 3.77. The van der Waals surface area contributed by atoms with E-state index in [4.69, 9.17) is 18.9 Å². The van der Waals surface area contributed by atoms with Gasteiger partial charge in [0.2, 0.25) is 6.29 Å². The third-order valence-corrected chi connectivity index (χ3v) is 1.71. The van der Waals surface area contributed by atoms with Gasteiger partial charge in [0.1, 0.15) is 25.4 Å². The lowest BCUT2D eigenvalue weighted by Gasteiger charge is -2.14. The maximum atomic E-state index is 5.43. The molecule has 102 valence electrons. The summed E-state index contributed by atoms with van der Waals surface area (Å²) < 4.78 is 20.9. The molecule has 0 amide bonds. The van der Waals surface area contributed by atoms with E-state index in [0.717, 1.165) is 12.8 Å². The second-order valence-corrected chi connectivity index (χ2v) is 3.19. The predicted octanol–water partition coefficient (Wildman–Crippen LogP) is 2.14. The molecule has 18 heavy (non-hydrogen) atoms. The molecule has 4 heteroatoms. The highest BCUT2D eigenvalue weighted by Gasteiger charge is 2.08. The molecule has 0 spiro atoms. The van der Waals surface area contributed by atoms with Crippen molar-refractivity contribution in [3.63, 3.8) is 0 Å². The van der Waals surface area contributed by atoms with E-state index in [1.165, 1.54) is 0 Å². The minimum absolute atomic E-state index is 0.357. The molecule has 0 N–H and O–H groups in total. The van der Waals surface area contributed by atoms with E-state index < -0.39 is 6.29 Å². The Hall–Kier alpha value is -1.36. The zero-order valence-electron chi connectivity index (χ0n) is 11.5. The first-order valence-electron chi connectivity index (χ1n) is 6.27. The summed E-state index contributed by atoms with van der Waals surface area (Å²) in [7, 11) is 0.